The topological polar surface area (TPSA) is 50.8 Å². The zero-order valence-electron chi connectivity index (χ0n) is 14.0. The minimum Gasteiger partial charge on any atom is -0.435 e. The molecule has 5 nitrogen and oxygen atoms in total. The van der Waals surface area contributed by atoms with Crippen LogP contribution in [0, 0.1) is 5.92 Å². The number of hydrogen-bond donors (Lipinski definition) is 1. The van der Waals surface area contributed by atoms with Crippen LogP contribution in [0.3, 0.4) is 0 Å². The Morgan fingerprint density at radius 2 is 2.04 bits per heavy atom. The van der Waals surface area contributed by atoms with Gasteiger partial charge in [-0.25, -0.2) is 0 Å². The molecule has 1 heterocycles. The number of ether oxygens (including phenoxy) is 2. The number of hydrogen-bond acceptors (Lipinski definition) is 4. The predicted molar refractivity (Wildman–Crippen MR) is 86.4 cm³/mol. The lowest BCUT2D eigenvalue weighted by atomic mass is 10.0. The first-order valence-corrected chi connectivity index (χ1v) is 8.12. The van der Waals surface area contributed by atoms with Gasteiger partial charge in [-0.3, -0.25) is 9.69 Å². The molecule has 0 radical (unpaired) electrons. The monoisotopic (exact) mass is 342 g/mol. The van der Waals surface area contributed by atoms with Crippen molar-refractivity contribution < 1.29 is 23.0 Å². The second-order valence-electron chi connectivity index (χ2n) is 6.08. The van der Waals surface area contributed by atoms with E-state index in [2.05, 4.69) is 28.8 Å². The third-order valence-corrected chi connectivity index (χ3v) is 4.08. The summed E-state index contributed by atoms with van der Waals surface area (Å²) in [6, 6.07) is 6.02. The summed E-state index contributed by atoms with van der Waals surface area (Å²) < 4.78 is 34.2. The Labute approximate surface area is 140 Å². The number of rotatable bonds is 7. The maximum absolute atomic E-state index is 12.3. The molecule has 0 bridgehead atoms. The van der Waals surface area contributed by atoms with Gasteiger partial charge in [0, 0.05) is 31.2 Å². The summed E-state index contributed by atoms with van der Waals surface area (Å²) in [4.78, 5) is 14.6. The van der Waals surface area contributed by atoms with Crippen molar-refractivity contribution in [2.24, 2.45) is 5.92 Å². The Balaban J connectivity index is 1.95. The number of amides is 1. The lowest BCUT2D eigenvalue weighted by Crippen LogP contribution is -2.51. The lowest BCUT2D eigenvalue weighted by molar-refractivity contribution is -0.0498. The van der Waals surface area contributed by atoms with Crippen LogP contribution in [0.2, 0.25) is 0 Å². The van der Waals surface area contributed by atoms with Crippen LogP contribution in [0.15, 0.2) is 24.3 Å². The van der Waals surface area contributed by atoms with Gasteiger partial charge in [0.05, 0.1) is 13.2 Å². The molecule has 1 saturated heterocycles. The average Bonchev–Trinajstić information content (AvgIpc) is 2.55. The molecule has 1 atom stereocenters. The van der Waals surface area contributed by atoms with Gasteiger partial charge in [0.25, 0.3) is 5.91 Å². The Morgan fingerprint density at radius 1 is 1.33 bits per heavy atom. The summed E-state index contributed by atoms with van der Waals surface area (Å²) in [5, 5.41) is 2.89. The number of carbonyl (C=O) groups is 1. The molecule has 1 amide bonds. The highest BCUT2D eigenvalue weighted by Gasteiger charge is 2.24. The number of benzene rings is 1. The molecule has 1 aliphatic heterocycles. The second kappa shape index (κ2) is 8.94. The summed E-state index contributed by atoms with van der Waals surface area (Å²) in [6.45, 7) is 4.90. The Morgan fingerprint density at radius 3 is 2.67 bits per heavy atom. The quantitative estimate of drug-likeness (QED) is 0.827. The molecule has 134 valence electrons. The molecule has 0 unspecified atom stereocenters. The van der Waals surface area contributed by atoms with Gasteiger partial charge >= 0.3 is 6.61 Å². The number of alkyl halides is 2. The van der Waals surface area contributed by atoms with Gasteiger partial charge in [0.15, 0.2) is 0 Å². The van der Waals surface area contributed by atoms with Crippen LogP contribution >= 0.6 is 0 Å². The summed E-state index contributed by atoms with van der Waals surface area (Å²) in [7, 11) is 0. The maximum atomic E-state index is 12.3. The van der Waals surface area contributed by atoms with E-state index >= 15 is 0 Å². The van der Waals surface area contributed by atoms with Crippen molar-refractivity contribution in [1.82, 2.24) is 10.2 Å². The van der Waals surface area contributed by atoms with Crippen molar-refractivity contribution in [1.29, 1.82) is 0 Å². The van der Waals surface area contributed by atoms with E-state index in [1.165, 1.54) is 18.2 Å². The Bertz CT molecular complexity index is 534. The van der Waals surface area contributed by atoms with Crippen molar-refractivity contribution in [3.63, 3.8) is 0 Å². The highest BCUT2D eigenvalue weighted by atomic mass is 19.3. The molecule has 7 heteroatoms. The first kappa shape index (κ1) is 18.6. The van der Waals surface area contributed by atoms with Crippen LogP contribution in [0.5, 0.6) is 5.75 Å². The molecule has 0 spiro atoms. The van der Waals surface area contributed by atoms with E-state index in [1.54, 1.807) is 6.07 Å². The van der Waals surface area contributed by atoms with Crippen LogP contribution in [0.4, 0.5) is 8.78 Å². The fourth-order valence-corrected chi connectivity index (χ4v) is 2.81. The van der Waals surface area contributed by atoms with Crippen LogP contribution < -0.4 is 10.1 Å². The Kier molecular flexibility index (Phi) is 6.93. The largest absolute Gasteiger partial charge is 0.435 e. The number of nitrogens with zero attached hydrogens (tertiary/aromatic N) is 1. The standard InChI is InChI=1S/C17H24F2N2O3/c1-12(2)15(21-6-8-23-9-7-21)11-20-16(22)13-4-3-5-14(10-13)24-17(18)19/h3-5,10,12,15,17H,6-9,11H2,1-2H3,(H,20,22)/t15-/m1/s1. The lowest BCUT2D eigenvalue weighted by Gasteiger charge is -2.36. The van der Waals surface area contributed by atoms with E-state index in [-0.39, 0.29) is 17.7 Å². The smallest absolute Gasteiger partial charge is 0.387 e. The van der Waals surface area contributed by atoms with Crippen molar-refractivity contribution >= 4 is 5.91 Å². The maximum Gasteiger partial charge on any atom is 0.387 e. The van der Waals surface area contributed by atoms with E-state index in [0.29, 0.717) is 31.2 Å². The fraction of sp³-hybridized carbons (Fsp3) is 0.588. The van der Waals surface area contributed by atoms with Gasteiger partial charge < -0.3 is 14.8 Å². The van der Waals surface area contributed by atoms with Crippen LogP contribution in [0.1, 0.15) is 24.2 Å². The SMILES string of the molecule is CC(C)[C@@H](CNC(=O)c1cccc(OC(F)F)c1)N1CCOCC1. The minimum atomic E-state index is -2.91. The molecular weight excluding hydrogens is 318 g/mol. The van der Waals surface area contributed by atoms with E-state index in [4.69, 9.17) is 4.74 Å². The first-order valence-electron chi connectivity index (χ1n) is 8.12. The first-order chi connectivity index (χ1) is 11.5. The van der Waals surface area contributed by atoms with Crippen molar-refractivity contribution in [3.8, 4) is 5.75 Å². The van der Waals surface area contributed by atoms with Gasteiger partial charge in [0.2, 0.25) is 0 Å². The Hall–Kier alpha value is -1.73. The van der Waals surface area contributed by atoms with Crippen LogP contribution in [0.25, 0.3) is 0 Å². The summed E-state index contributed by atoms with van der Waals surface area (Å²) in [5.74, 6) is 0.0526. The van der Waals surface area contributed by atoms with E-state index in [9.17, 15) is 13.6 Å². The van der Waals surface area contributed by atoms with Crippen molar-refractivity contribution in [2.75, 3.05) is 32.8 Å². The third-order valence-electron chi connectivity index (χ3n) is 4.08. The minimum absolute atomic E-state index is 0.0220. The second-order valence-corrected chi connectivity index (χ2v) is 6.08. The predicted octanol–water partition coefficient (Wildman–Crippen LogP) is 2.37. The number of nitrogens with one attached hydrogen (secondary N) is 1. The third kappa shape index (κ3) is 5.42. The van der Waals surface area contributed by atoms with Crippen LogP contribution in [-0.4, -0.2) is 56.3 Å². The highest BCUT2D eigenvalue weighted by Crippen LogP contribution is 2.16. The van der Waals surface area contributed by atoms with E-state index < -0.39 is 6.61 Å². The normalized spacial score (nSPS) is 17.1. The number of halogens is 2. The summed E-state index contributed by atoms with van der Waals surface area (Å²) in [5.41, 5.74) is 0.303. The van der Waals surface area contributed by atoms with Crippen LogP contribution in [-0.2, 0) is 4.74 Å². The van der Waals surface area contributed by atoms with Gasteiger partial charge in [-0.2, -0.15) is 8.78 Å². The molecule has 24 heavy (non-hydrogen) atoms. The van der Waals surface area contributed by atoms with Gasteiger partial charge in [-0.15, -0.1) is 0 Å². The fourth-order valence-electron chi connectivity index (χ4n) is 2.81. The van der Waals surface area contributed by atoms with Gasteiger partial charge in [0.1, 0.15) is 5.75 Å². The summed E-state index contributed by atoms with van der Waals surface area (Å²) in [6.07, 6.45) is 0. The number of morpholine rings is 1. The van der Waals surface area contributed by atoms with Gasteiger partial charge in [-0.05, 0) is 24.1 Å². The molecule has 1 aromatic rings. The molecule has 0 aliphatic carbocycles. The zero-order valence-corrected chi connectivity index (χ0v) is 14.0. The molecule has 2 rings (SSSR count). The molecule has 0 aromatic heterocycles. The number of carbonyl (C=O) groups excluding carboxylic acids is 1. The molecular formula is C17H24F2N2O3. The van der Waals surface area contributed by atoms with Crippen molar-refractivity contribution in [3.05, 3.63) is 29.8 Å². The molecule has 1 aromatic carbocycles. The summed E-state index contributed by atoms with van der Waals surface area (Å²) >= 11 is 0. The zero-order chi connectivity index (χ0) is 17.5. The van der Waals surface area contributed by atoms with E-state index in [1.807, 2.05) is 0 Å². The molecule has 0 saturated carbocycles. The highest BCUT2D eigenvalue weighted by molar-refractivity contribution is 5.94. The van der Waals surface area contributed by atoms with E-state index in [0.717, 1.165) is 13.1 Å². The van der Waals surface area contributed by atoms with Gasteiger partial charge in [-0.1, -0.05) is 19.9 Å². The van der Waals surface area contributed by atoms with Crippen molar-refractivity contribution in [2.45, 2.75) is 26.5 Å². The average molecular weight is 342 g/mol. The molecule has 1 aliphatic rings. The molecule has 1 N–H and O–H groups in total. The molecule has 1 fully saturated rings.